The van der Waals surface area contributed by atoms with E-state index in [0.29, 0.717) is 24.7 Å². The van der Waals surface area contributed by atoms with Gasteiger partial charge in [0.15, 0.2) is 5.82 Å². The Hall–Kier alpha value is -2.22. The first-order chi connectivity index (χ1) is 10.2. The number of nitrogens with one attached hydrogen (secondary N) is 2. The predicted molar refractivity (Wildman–Crippen MR) is 73.6 cm³/mol. The van der Waals surface area contributed by atoms with Crippen LogP contribution in [0.5, 0.6) is 0 Å². The zero-order valence-corrected chi connectivity index (χ0v) is 12.0. The Morgan fingerprint density at radius 3 is 3.19 bits per heavy atom. The Labute approximate surface area is 121 Å². The van der Waals surface area contributed by atoms with Gasteiger partial charge in [-0.1, -0.05) is 0 Å². The molecule has 1 fully saturated rings. The highest BCUT2D eigenvalue weighted by Crippen LogP contribution is 2.26. The molecule has 2 atom stereocenters. The molecule has 21 heavy (non-hydrogen) atoms. The molecule has 0 saturated carbocycles. The average molecular weight is 290 g/mol. The van der Waals surface area contributed by atoms with Crippen LogP contribution in [0.4, 0.5) is 0 Å². The van der Waals surface area contributed by atoms with Gasteiger partial charge in [0.25, 0.3) is 5.91 Å². The maximum absolute atomic E-state index is 12.3. The van der Waals surface area contributed by atoms with Crippen LogP contribution < -0.4 is 5.32 Å². The molecule has 1 aliphatic heterocycles. The van der Waals surface area contributed by atoms with Crippen LogP contribution in [-0.4, -0.2) is 43.5 Å². The molecular formula is C13H18N6O2. The number of hydrogen-bond acceptors (Lipinski definition) is 5. The second kappa shape index (κ2) is 5.65. The van der Waals surface area contributed by atoms with Crippen molar-refractivity contribution in [3.05, 3.63) is 29.6 Å². The Balaban J connectivity index is 1.73. The van der Waals surface area contributed by atoms with Gasteiger partial charge in [-0.25, -0.2) is 4.98 Å². The highest BCUT2D eigenvalue weighted by molar-refractivity contribution is 5.92. The Kier molecular flexibility index (Phi) is 3.70. The average Bonchev–Trinajstić information content (AvgIpc) is 3.17. The topological polar surface area (TPSA) is 97.7 Å². The number of carbonyl (C=O) groups excluding carboxylic acids is 1. The first-order valence-electron chi connectivity index (χ1n) is 7.02. The van der Waals surface area contributed by atoms with Crippen molar-refractivity contribution in [2.45, 2.75) is 39.0 Å². The van der Waals surface area contributed by atoms with Crippen molar-refractivity contribution < 1.29 is 9.53 Å². The molecule has 0 radical (unpaired) electrons. The Morgan fingerprint density at radius 2 is 2.48 bits per heavy atom. The van der Waals surface area contributed by atoms with Gasteiger partial charge >= 0.3 is 0 Å². The van der Waals surface area contributed by atoms with Crippen molar-refractivity contribution in [3.63, 3.8) is 0 Å². The molecule has 8 nitrogen and oxygen atoms in total. The lowest BCUT2D eigenvalue weighted by atomic mass is 10.1. The number of nitrogens with zero attached hydrogens (tertiary/aromatic N) is 4. The molecule has 2 aromatic heterocycles. The number of aromatic nitrogens is 5. The first kappa shape index (κ1) is 13.7. The van der Waals surface area contributed by atoms with Crippen molar-refractivity contribution in [1.29, 1.82) is 0 Å². The van der Waals surface area contributed by atoms with Crippen LogP contribution in [0.1, 0.15) is 41.6 Å². The van der Waals surface area contributed by atoms with E-state index in [9.17, 15) is 4.79 Å². The number of amides is 1. The lowest BCUT2D eigenvalue weighted by Crippen LogP contribution is -2.38. The van der Waals surface area contributed by atoms with Gasteiger partial charge < -0.3 is 10.1 Å². The summed E-state index contributed by atoms with van der Waals surface area (Å²) in [7, 11) is 0. The van der Waals surface area contributed by atoms with Crippen LogP contribution in [0.25, 0.3) is 0 Å². The lowest BCUT2D eigenvalue weighted by molar-refractivity contribution is 0.0785. The molecule has 3 heterocycles. The number of H-pyrrole nitrogens is 1. The van der Waals surface area contributed by atoms with Crippen LogP contribution >= 0.6 is 0 Å². The van der Waals surface area contributed by atoms with E-state index in [1.54, 1.807) is 16.9 Å². The van der Waals surface area contributed by atoms with Gasteiger partial charge in [0, 0.05) is 19.3 Å². The summed E-state index contributed by atoms with van der Waals surface area (Å²) >= 11 is 0. The lowest BCUT2D eigenvalue weighted by Gasteiger charge is -2.17. The Bertz CT molecular complexity index is 634. The number of ether oxygens (including phenoxy) is 1. The maximum Gasteiger partial charge on any atom is 0.269 e. The maximum atomic E-state index is 12.3. The summed E-state index contributed by atoms with van der Waals surface area (Å²) in [6, 6.07) is 1.58. The third-order valence-electron chi connectivity index (χ3n) is 3.53. The molecule has 2 N–H and O–H groups in total. The summed E-state index contributed by atoms with van der Waals surface area (Å²) in [5.41, 5.74) is 0.550. The van der Waals surface area contributed by atoms with Crippen molar-refractivity contribution >= 4 is 5.91 Å². The number of aryl methyl sites for hydroxylation is 2. The summed E-state index contributed by atoms with van der Waals surface area (Å²) in [4.78, 5) is 16.6. The van der Waals surface area contributed by atoms with Crippen LogP contribution in [-0.2, 0) is 11.3 Å². The fraction of sp³-hybridized carbons (Fsp3) is 0.538. The molecule has 0 unspecified atom stereocenters. The van der Waals surface area contributed by atoms with Crippen LogP contribution in [0.15, 0.2) is 12.3 Å². The van der Waals surface area contributed by atoms with Gasteiger partial charge in [0.05, 0.1) is 6.04 Å². The van der Waals surface area contributed by atoms with E-state index in [4.69, 9.17) is 4.74 Å². The SMILES string of the molecule is CCn1nccc1C(=O)N[C@H]1CCO[C@H]1c1n[nH]c(C)n1. The number of carbonyl (C=O) groups is 1. The van der Waals surface area contributed by atoms with E-state index in [2.05, 4.69) is 25.6 Å². The monoisotopic (exact) mass is 290 g/mol. The van der Waals surface area contributed by atoms with Crippen LogP contribution in [0, 0.1) is 6.92 Å². The summed E-state index contributed by atoms with van der Waals surface area (Å²) in [5, 5.41) is 14.0. The molecule has 1 aliphatic rings. The normalized spacial score (nSPS) is 21.6. The molecule has 8 heteroatoms. The third kappa shape index (κ3) is 2.66. The second-order valence-corrected chi connectivity index (χ2v) is 4.97. The molecule has 0 aliphatic carbocycles. The third-order valence-corrected chi connectivity index (χ3v) is 3.53. The summed E-state index contributed by atoms with van der Waals surface area (Å²) in [6.07, 6.45) is 2.06. The molecule has 0 spiro atoms. The molecule has 0 bridgehead atoms. The zero-order chi connectivity index (χ0) is 14.8. The van der Waals surface area contributed by atoms with E-state index in [1.807, 2.05) is 13.8 Å². The quantitative estimate of drug-likeness (QED) is 0.859. The van der Waals surface area contributed by atoms with Crippen LogP contribution in [0.3, 0.4) is 0 Å². The largest absolute Gasteiger partial charge is 0.368 e. The minimum absolute atomic E-state index is 0.132. The van der Waals surface area contributed by atoms with E-state index in [0.717, 1.165) is 12.2 Å². The van der Waals surface area contributed by atoms with Gasteiger partial charge in [-0.15, -0.1) is 0 Å². The highest BCUT2D eigenvalue weighted by atomic mass is 16.5. The van der Waals surface area contributed by atoms with Gasteiger partial charge in [-0.2, -0.15) is 10.2 Å². The van der Waals surface area contributed by atoms with Gasteiger partial charge in [-0.05, 0) is 26.3 Å². The number of rotatable bonds is 4. The fourth-order valence-corrected chi connectivity index (χ4v) is 2.50. The molecule has 1 saturated heterocycles. The number of hydrogen-bond donors (Lipinski definition) is 2. The van der Waals surface area contributed by atoms with Crippen molar-refractivity contribution in [1.82, 2.24) is 30.3 Å². The first-order valence-corrected chi connectivity index (χ1v) is 7.02. The minimum Gasteiger partial charge on any atom is -0.368 e. The van der Waals surface area contributed by atoms with E-state index < -0.39 is 0 Å². The van der Waals surface area contributed by atoms with Gasteiger partial charge in [0.1, 0.15) is 17.6 Å². The van der Waals surface area contributed by atoms with E-state index >= 15 is 0 Å². The molecule has 112 valence electrons. The van der Waals surface area contributed by atoms with Gasteiger partial charge in [0.2, 0.25) is 0 Å². The summed E-state index contributed by atoms with van der Waals surface area (Å²) in [5.74, 6) is 1.16. The smallest absolute Gasteiger partial charge is 0.269 e. The molecule has 1 amide bonds. The van der Waals surface area contributed by atoms with Crippen molar-refractivity contribution in [2.75, 3.05) is 6.61 Å². The van der Waals surface area contributed by atoms with Gasteiger partial charge in [-0.3, -0.25) is 14.6 Å². The number of aromatic amines is 1. The second-order valence-electron chi connectivity index (χ2n) is 4.97. The minimum atomic E-state index is -0.308. The summed E-state index contributed by atoms with van der Waals surface area (Å²) in [6.45, 7) is 5.01. The Morgan fingerprint density at radius 1 is 1.62 bits per heavy atom. The van der Waals surface area contributed by atoms with Crippen molar-refractivity contribution in [3.8, 4) is 0 Å². The van der Waals surface area contributed by atoms with E-state index in [-0.39, 0.29) is 18.1 Å². The van der Waals surface area contributed by atoms with Crippen molar-refractivity contribution in [2.24, 2.45) is 0 Å². The standard InChI is InChI=1S/C13H18N6O2/c1-3-19-10(4-6-14-19)13(20)16-9-5-7-21-11(9)12-15-8(2)17-18-12/h4,6,9,11H,3,5,7H2,1-2H3,(H,16,20)(H,15,17,18)/t9-,11+/m0/s1. The predicted octanol–water partition coefficient (Wildman–Crippen LogP) is 0.590. The molecule has 3 rings (SSSR count). The zero-order valence-electron chi connectivity index (χ0n) is 12.0. The van der Waals surface area contributed by atoms with Crippen LogP contribution in [0.2, 0.25) is 0 Å². The molecule has 2 aromatic rings. The summed E-state index contributed by atoms with van der Waals surface area (Å²) < 4.78 is 7.32. The highest BCUT2D eigenvalue weighted by Gasteiger charge is 2.34. The molecule has 0 aromatic carbocycles. The molecular weight excluding hydrogens is 272 g/mol. The van der Waals surface area contributed by atoms with E-state index in [1.165, 1.54) is 0 Å². The fourth-order valence-electron chi connectivity index (χ4n) is 2.50.